The Hall–Kier alpha value is -1.92. The predicted molar refractivity (Wildman–Crippen MR) is 88.5 cm³/mol. The largest absolute Gasteiger partial charge is 0.518 e. The standard InChI is InChI=1S/C17H21BN2O3/c1-16(2)17(3,4)23-18(22-16)15-14(10-19-12-20-15)21-11-13-8-6-5-7-9-13/h5-10,12H,11H2,1-4H3. The lowest BCUT2D eigenvalue weighted by Crippen LogP contribution is -2.41. The van der Waals surface area contributed by atoms with Crippen molar-refractivity contribution in [1.29, 1.82) is 0 Å². The monoisotopic (exact) mass is 312 g/mol. The molecule has 120 valence electrons. The van der Waals surface area contributed by atoms with E-state index in [-0.39, 0.29) is 0 Å². The summed E-state index contributed by atoms with van der Waals surface area (Å²) in [5.74, 6) is 0.579. The van der Waals surface area contributed by atoms with Gasteiger partial charge in [-0.25, -0.2) is 9.97 Å². The van der Waals surface area contributed by atoms with Gasteiger partial charge in [0.05, 0.1) is 17.4 Å². The average molecular weight is 312 g/mol. The maximum atomic E-state index is 6.05. The summed E-state index contributed by atoms with van der Waals surface area (Å²) in [4.78, 5) is 8.37. The molecule has 1 fully saturated rings. The maximum absolute atomic E-state index is 6.05. The van der Waals surface area contributed by atoms with Gasteiger partial charge in [-0.15, -0.1) is 0 Å². The van der Waals surface area contributed by atoms with Crippen molar-refractivity contribution in [2.24, 2.45) is 0 Å². The molecule has 1 saturated heterocycles. The van der Waals surface area contributed by atoms with E-state index in [9.17, 15) is 0 Å². The average Bonchev–Trinajstić information content (AvgIpc) is 2.75. The van der Waals surface area contributed by atoms with Gasteiger partial charge < -0.3 is 14.0 Å². The Bertz CT molecular complexity index is 661. The van der Waals surface area contributed by atoms with E-state index in [1.165, 1.54) is 6.33 Å². The number of benzene rings is 1. The Balaban J connectivity index is 1.79. The van der Waals surface area contributed by atoms with E-state index in [0.29, 0.717) is 17.9 Å². The SMILES string of the molecule is CC1(C)OB(c2ncncc2OCc2ccccc2)OC1(C)C. The molecule has 1 aromatic carbocycles. The minimum absolute atomic E-state index is 0.417. The Morgan fingerprint density at radius 3 is 2.35 bits per heavy atom. The fourth-order valence-electron chi connectivity index (χ4n) is 2.30. The predicted octanol–water partition coefficient (Wildman–Crippen LogP) is 2.35. The van der Waals surface area contributed by atoms with E-state index >= 15 is 0 Å². The Morgan fingerprint density at radius 2 is 1.70 bits per heavy atom. The molecule has 0 atom stereocenters. The molecule has 0 saturated carbocycles. The maximum Gasteiger partial charge on any atom is 0.518 e. The van der Waals surface area contributed by atoms with Crippen molar-refractivity contribution in [3.05, 3.63) is 48.4 Å². The van der Waals surface area contributed by atoms with Crippen LogP contribution in [0.3, 0.4) is 0 Å². The van der Waals surface area contributed by atoms with Gasteiger partial charge in [0.1, 0.15) is 18.5 Å². The lowest BCUT2D eigenvalue weighted by Gasteiger charge is -2.32. The van der Waals surface area contributed by atoms with Crippen molar-refractivity contribution in [2.45, 2.75) is 45.5 Å². The second-order valence-corrected chi connectivity index (χ2v) is 6.63. The topological polar surface area (TPSA) is 53.5 Å². The van der Waals surface area contributed by atoms with Crippen molar-refractivity contribution >= 4 is 12.7 Å². The third-order valence-electron chi connectivity index (χ3n) is 4.42. The smallest absolute Gasteiger partial charge is 0.486 e. The summed E-state index contributed by atoms with van der Waals surface area (Å²) in [7, 11) is -0.561. The molecule has 0 unspecified atom stereocenters. The van der Waals surface area contributed by atoms with Crippen LogP contribution in [0, 0.1) is 0 Å². The molecule has 1 aliphatic heterocycles. The molecule has 0 aliphatic carbocycles. The lowest BCUT2D eigenvalue weighted by atomic mass is 9.84. The molecule has 5 nitrogen and oxygen atoms in total. The van der Waals surface area contributed by atoms with E-state index in [2.05, 4.69) is 9.97 Å². The fraction of sp³-hybridized carbons (Fsp3) is 0.412. The van der Waals surface area contributed by atoms with Crippen molar-refractivity contribution in [3.8, 4) is 5.75 Å². The van der Waals surface area contributed by atoms with Crippen LogP contribution in [0.5, 0.6) is 5.75 Å². The second kappa shape index (κ2) is 5.94. The van der Waals surface area contributed by atoms with Crippen molar-refractivity contribution in [1.82, 2.24) is 9.97 Å². The molecule has 0 N–H and O–H groups in total. The number of aromatic nitrogens is 2. The molecule has 1 aliphatic rings. The molecular formula is C17H21BN2O3. The van der Waals surface area contributed by atoms with Gasteiger partial charge in [-0.2, -0.15) is 0 Å². The highest BCUT2D eigenvalue weighted by molar-refractivity contribution is 6.62. The zero-order valence-corrected chi connectivity index (χ0v) is 13.9. The van der Waals surface area contributed by atoms with Gasteiger partial charge in [0, 0.05) is 0 Å². The minimum atomic E-state index is -0.561. The second-order valence-electron chi connectivity index (χ2n) is 6.63. The molecule has 3 rings (SSSR count). The highest BCUT2D eigenvalue weighted by atomic mass is 16.7. The molecule has 0 bridgehead atoms. The highest BCUT2D eigenvalue weighted by Gasteiger charge is 2.53. The molecule has 0 amide bonds. The molecule has 2 aromatic rings. The quantitative estimate of drug-likeness (QED) is 0.811. The fourth-order valence-corrected chi connectivity index (χ4v) is 2.30. The first-order valence-corrected chi connectivity index (χ1v) is 7.71. The van der Waals surface area contributed by atoms with Crippen LogP contribution in [-0.2, 0) is 15.9 Å². The van der Waals surface area contributed by atoms with Gasteiger partial charge in [-0.05, 0) is 33.3 Å². The summed E-state index contributed by atoms with van der Waals surface area (Å²) in [6, 6.07) is 9.96. The third-order valence-corrected chi connectivity index (χ3v) is 4.42. The van der Waals surface area contributed by atoms with E-state index in [1.807, 2.05) is 58.0 Å². The van der Waals surface area contributed by atoms with Gasteiger partial charge in [0.2, 0.25) is 0 Å². The summed E-state index contributed by atoms with van der Waals surface area (Å²) in [6.07, 6.45) is 3.13. The molecule has 0 radical (unpaired) electrons. The van der Waals surface area contributed by atoms with Crippen LogP contribution in [0.2, 0.25) is 0 Å². The first-order chi connectivity index (χ1) is 10.9. The zero-order chi connectivity index (χ0) is 16.5. The first kappa shape index (κ1) is 16.0. The van der Waals surface area contributed by atoms with Crippen molar-refractivity contribution < 1.29 is 14.0 Å². The van der Waals surface area contributed by atoms with Gasteiger partial charge in [-0.1, -0.05) is 30.3 Å². The van der Waals surface area contributed by atoms with Gasteiger partial charge >= 0.3 is 7.12 Å². The van der Waals surface area contributed by atoms with Crippen LogP contribution >= 0.6 is 0 Å². The summed E-state index contributed by atoms with van der Waals surface area (Å²) < 4.78 is 18.0. The highest BCUT2D eigenvalue weighted by Crippen LogP contribution is 2.36. The number of ether oxygens (including phenoxy) is 1. The first-order valence-electron chi connectivity index (χ1n) is 7.71. The summed E-state index contributed by atoms with van der Waals surface area (Å²) in [6.45, 7) is 8.50. The van der Waals surface area contributed by atoms with Crippen LogP contribution < -0.4 is 10.3 Å². The van der Waals surface area contributed by atoms with E-state index in [1.54, 1.807) is 6.20 Å². The van der Waals surface area contributed by atoms with Crippen molar-refractivity contribution in [2.75, 3.05) is 0 Å². The summed E-state index contributed by atoms with van der Waals surface area (Å²) in [5, 5.41) is 0. The Kier molecular flexibility index (Phi) is 4.12. The number of rotatable bonds is 4. The zero-order valence-electron chi connectivity index (χ0n) is 13.9. The van der Waals surface area contributed by atoms with Crippen molar-refractivity contribution in [3.63, 3.8) is 0 Å². The minimum Gasteiger partial charge on any atom is -0.486 e. The molecule has 1 aromatic heterocycles. The normalized spacial score (nSPS) is 18.9. The summed E-state index contributed by atoms with van der Waals surface area (Å²) in [5.41, 5.74) is 0.865. The summed E-state index contributed by atoms with van der Waals surface area (Å²) >= 11 is 0. The van der Waals surface area contributed by atoms with E-state index in [0.717, 1.165) is 5.56 Å². The van der Waals surface area contributed by atoms with Crippen LogP contribution in [0.1, 0.15) is 33.3 Å². The third kappa shape index (κ3) is 3.23. The molecular weight excluding hydrogens is 291 g/mol. The Labute approximate surface area is 137 Å². The molecule has 0 spiro atoms. The van der Waals surface area contributed by atoms with E-state index < -0.39 is 18.3 Å². The van der Waals surface area contributed by atoms with Gasteiger partial charge in [0.25, 0.3) is 0 Å². The molecule has 23 heavy (non-hydrogen) atoms. The van der Waals surface area contributed by atoms with Gasteiger partial charge in [-0.3, -0.25) is 0 Å². The van der Waals surface area contributed by atoms with Crippen LogP contribution in [0.15, 0.2) is 42.9 Å². The number of hydrogen-bond acceptors (Lipinski definition) is 5. The number of nitrogens with zero attached hydrogens (tertiary/aromatic N) is 2. The molecule has 6 heteroatoms. The van der Waals surface area contributed by atoms with Crippen LogP contribution in [0.4, 0.5) is 0 Å². The molecule has 2 heterocycles. The Morgan fingerprint density at radius 1 is 1.04 bits per heavy atom. The van der Waals surface area contributed by atoms with E-state index in [4.69, 9.17) is 14.0 Å². The lowest BCUT2D eigenvalue weighted by molar-refractivity contribution is 0.00578. The van der Waals surface area contributed by atoms with Gasteiger partial charge in [0.15, 0.2) is 5.75 Å². The number of hydrogen-bond donors (Lipinski definition) is 0. The van der Waals surface area contributed by atoms with Crippen LogP contribution in [0.25, 0.3) is 0 Å². The van der Waals surface area contributed by atoms with Crippen LogP contribution in [-0.4, -0.2) is 28.3 Å².